The van der Waals surface area contributed by atoms with Crippen LogP contribution in [-0.2, 0) is 0 Å². The van der Waals surface area contributed by atoms with Crippen LogP contribution in [0, 0.1) is 0 Å². The number of ketones is 1. The number of carbonyl (C=O) groups is 3. The number of rotatable bonds is 6. The molecule has 4 rings (SSSR count). The largest absolute Gasteiger partial charge is 0.349 e. The van der Waals surface area contributed by atoms with Gasteiger partial charge < -0.3 is 10.6 Å². The zero-order chi connectivity index (χ0) is 20.2. The summed E-state index contributed by atoms with van der Waals surface area (Å²) in [4.78, 5) is 38.0. The van der Waals surface area contributed by atoms with E-state index in [-0.39, 0.29) is 23.3 Å². The summed E-state index contributed by atoms with van der Waals surface area (Å²) in [5.41, 5.74) is 2.13. The molecule has 1 saturated carbocycles. The van der Waals surface area contributed by atoms with E-state index in [1.54, 1.807) is 72.8 Å². The SMILES string of the molecule is O=C(NC1CC1)c1cccc(NC(=O)c2ccccc2C(=O)c2ccccc2)c1. The van der Waals surface area contributed by atoms with E-state index >= 15 is 0 Å². The van der Waals surface area contributed by atoms with Gasteiger partial charge in [0.1, 0.15) is 0 Å². The summed E-state index contributed by atoms with van der Waals surface area (Å²) in [6.45, 7) is 0. The Balaban J connectivity index is 1.55. The van der Waals surface area contributed by atoms with Crippen LogP contribution in [0.25, 0.3) is 0 Å². The van der Waals surface area contributed by atoms with Gasteiger partial charge in [0.15, 0.2) is 5.78 Å². The topological polar surface area (TPSA) is 75.3 Å². The fraction of sp³-hybridized carbons (Fsp3) is 0.125. The number of amides is 2. The highest BCUT2D eigenvalue weighted by Gasteiger charge is 2.24. The molecule has 5 nitrogen and oxygen atoms in total. The molecule has 1 aliphatic carbocycles. The lowest BCUT2D eigenvalue weighted by atomic mass is 9.98. The van der Waals surface area contributed by atoms with Crippen molar-refractivity contribution in [3.63, 3.8) is 0 Å². The standard InChI is InChI=1S/C24H20N2O3/c27-22(16-7-2-1-3-8-16)20-11-4-5-12-21(20)24(29)26-19-10-6-9-17(15-19)23(28)25-18-13-14-18/h1-12,15,18H,13-14H2,(H,25,28)(H,26,29). The molecular weight excluding hydrogens is 364 g/mol. The van der Waals surface area contributed by atoms with Crippen LogP contribution in [0.2, 0.25) is 0 Å². The maximum Gasteiger partial charge on any atom is 0.256 e. The molecule has 2 amide bonds. The van der Waals surface area contributed by atoms with Crippen molar-refractivity contribution < 1.29 is 14.4 Å². The van der Waals surface area contributed by atoms with Crippen molar-refractivity contribution in [1.29, 1.82) is 0 Å². The van der Waals surface area contributed by atoms with Crippen molar-refractivity contribution in [2.24, 2.45) is 0 Å². The summed E-state index contributed by atoms with van der Waals surface area (Å²) in [7, 11) is 0. The molecule has 3 aromatic rings. The van der Waals surface area contributed by atoms with Gasteiger partial charge in [0.05, 0.1) is 5.56 Å². The Morgan fingerprint density at radius 2 is 1.34 bits per heavy atom. The van der Waals surface area contributed by atoms with Crippen molar-refractivity contribution in [2.45, 2.75) is 18.9 Å². The van der Waals surface area contributed by atoms with Crippen LogP contribution >= 0.6 is 0 Å². The van der Waals surface area contributed by atoms with E-state index in [9.17, 15) is 14.4 Å². The van der Waals surface area contributed by atoms with Crippen LogP contribution in [0.4, 0.5) is 5.69 Å². The number of nitrogens with one attached hydrogen (secondary N) is 2. The van der Waals surface area contributed by atoms with E-state index < -0.39 is 5.91 Å². The first-order valence-corrected chi connectivity index (χ1v) is 9.53. The second-order valence-corrected chi connectivity index (χ2v) is 7.02. The van der Waals surface area contributed by atoms with Crippen molar-refractivity contribution in [1.82, 2.24) is 5.32 Å². The van der Waals surface area contributed by atoms with Crippen LogP contribution in [0.1, 0.15) is 49.5 Å². The van der Waals surface area contributed by atoms with E-state index in [1.165, 1.54) is 0 Å². The monoisotopic (exact) mass is 384 g/mol. The van der Waals surface area contributed by atoms with E-state index in [2.05, 4.69) is 10.6 Å². The molecule has 0 aliphatic heterocycles. The summed E-state index contributed by atoms with van der Waals surface area (Å²) in [5.74, 6) is -0.762. The molecule has 0 radical (unpaired) electrons. The smallest absolute Gasteiger partial charge is 0.256 e. The van der Waals surface area contributed by atoms with Crippen LogP contribution in [-0.4, -0.2) is 23.6 Å². The molecular formula is C24H20N2O3. The molecule has 0 bridgehead atoms. The number of hydrogen-bond acceptors (Lipinski definition) is 3. The summed E-state index contributed by atoms with van der Waals surface area (Å²) in [6, 6.07) is 22.6. The maximum absolute atomic E-state index is 12.9. The molecule has 2 N–H and O–H groups in total. The van der Waals surface area contributed by atoms with Crippen LogP contribution in [0.15, 0.2) is 78.9 Å². The van der Waals surface area contributed by atoms with Gasteiger partial charge >= 0.3 is 0 Å². The van der Waals surface area contributed by atoms with Crippen LogP contribution in [0.5, 0.6) is 0 Å². The van der Waals surface area contributed by atoms with Crippen molar-refractivity contribution >= 4 is 23.3 Å². The normalized spacial score (nSPS) is 12.8. The second-order valence-electron chi connectivity index (χ2n) is 7.02. The quantitative estimate of drug-likeness (QED) is 0.629. The van der Waals surface area contributed by atoms with Crippen molar-refractivity contribution in [3.8, 4) is 0 Å². The molecule has 1 fully saturated rings. The molecule has 0 heterocycles. The predicted molar refractivity (Wildman–Crippen MR) is 111 cm³/mol. The molecule has 0 unspecified atom stereocenters. The Kier molecular flexibility index (Phi) is 5.20. The molecule has 0 atom stereocenters. The highest BCUT2D eigenvalue weighted by Crippen LogP contribution is 2.21. The fourth-order valence-electron chi connectivity index (χ4n) is 3.06. The Morgan fingerprint density at radius 3 is 2.07 bits per heavy atom. The van der Waals surface area contributed by atoms with Gasteiger partial charge in [-0.3, -0.25) is 14.4 Å². The molecule has 0 spiro atoms. The first-order chi connectivity index (χ1) is 14.1. The number of carbonyl (C=O) groups excluding carboxylic acids is 3. The number of anilines is 1. The average molecular weight is 384 g/mol. The van der Waals surface area contributed by atoms with E-state index in [4.69, 9.17) is 0 Å². The maximum atomic E-state index is 12.9. The fourth-order valence-corrected chi connectivity index (χ4v) is 3.06. The lowest BCUT2D eigenvalue weighted by Gasteiger charge is -2.11. The number of benzene rings is 3. The highest BCUT2D eigenvalue weighted by molar-refractivity contribution is 6.17. The molecule has 1 aliphatic rings. The summed E-state index contributed by atoms with van der Waals surface area (Å²) in [6.07, 6.45) is 2.02. The van der Waals surface area contributed by atoms with Gasteiger partial charge in [-0.15, -0.1) is 0 Å². The molecule has 3 aromatic carbocycles. The first-order valence-electron chi connectivity index (χ1n) is 9.53. The van der Waals surface area contributed by atoms with Crippen LogP contribution in [0.3, 0.4) is 0 Å². The van der Waals surface area contributed by atoms with E-state index in [0.29, 0.717) is 22.4 Å². The Morgan fingerprint density at radius 1 is 0.690 bits per heavy atom. The Bertz CT molecular complexity index is 1070. The van der Waals surface area contributed by atoms with Crippen LogP contribution < -0.4 is 10.6 Å². The zero-order valence-electron chi connectivity index (χ0n) is 15.7. The second kappa shape index (κ2) is 8.10. The van der Waals surface area contributed by atoms with Gasteiger partial charge in [-0.2, -0.15) is 0 Å². The molecule has 144 valence electrons. The first kappa shape index (κ1) is 18.6. The van der Waals surface area contributed by atoms with Gasteiger partial charge in [0.25, 0.3) is 11.8 Å². The Hall–Kier alpha value is -3.73. The van der Waals surface area contributed by atoms with Gasteiger partial charge in [-0.1, -0.05) is 54.6 Å². The lowest BCUT2D eigenvalue weighted by Crippen LogP contribution is -2.25. The van der Waals surface area contributed by atoms with Gasteiger partial charge in [-0.25, -0.2) is 0 Å². The third-order valence-electron chi connectivity index (χ3n) is 4.75. The minimum absolute atomic E-state index is 0.150. The Labute approximate surface area is 168 Å². The third kappa shape index (κ3) is 4.41. The molecule has 0 saturated heterocycles. The van der Waals surface area contributed by atoms with E-state index in [0.717, 1.165) is 12.8 Å². The summed E-state index contributed by atoms with van der Waals surface area (Å²) < 4.78 is 0. The van der Waals surface area contributed by atoms with Crippen molar-refractivity contribution in [3.05, 3.63) is 101 Å². The minimum Gasteiger partial charge on any atom is -0.349 e. The summed E-state index contributed by atoms with van der Waals surface area (Å²) in [5, 5.41) is 5.73. The third-order valence-corrected chi connectivity index (χ3v) is 4.75. The lowest BCUT2D eigenvalue weighted by molar-refractivity contribution is 0.0949. The van der Waals surface area contributed by atoms with Gasteiger partial charge in [0.2, 0.25) is 0 Å². The number of hydrogen-bond donors (Lipinski definition) is 2. The molecule has 0 aromatic heterocycles. The minimum atomic E-state index is -0.398. The molecule has 29 heavy (non-hydrogen) atoms. The summed E-state index contributed by atoms with van der Waals surface area (Å²) >= 11 is 0. The predicted octanol–water partition coefficient (Wildman–Crippen LogP) is 4.06. The zero-order valence-corrected chi connectivity index (χ0v) is 15.7. The average Bonchev–Trinajstić information content (AvgIpc) is 3.58. The van der Waals surface area contributed by atoms with Crippen molar-refractivity contribution in [2.75, 3.05) is 5.32 Å². The van der Waals surface area contributed by atoms with E-state index in [1.807, 2.05) is 6.07 Å². The van der Waals surface area contributed by atoms with Gasteiger partial charge in [0, 0.05) is 28.4 Å². The van der Waals surface area contributed by atoms with Gasteiger partial charge in [-0.05, 0) is 37.1 Å². The highest BCUT2D eigenvalue weighted by atomic mass is 16.2. The molecule has 5 heteroatoms.